The summed E-state index contributed by atoms with van der Waals surface area (Å²) in [5, 5.41) is 27.2. The molecule has 6 heteroatoms. The summed E-state index contributed by atoms with van der Waals surface area (Å²) < 4.78 is 6.15. The summed E-state index contributed by atoms with van der Waals surface area (Å²) in [5.74, 6) is -2.41. The molecule has 1 aliphatic carbocycles. The van der Waals surface area contributed by atoms with Crippen molar-refractivity contribution in [1.29, 1.82) is 0 Å². The third kappa shape index (κ3) is 12.4. The molecule has 6 nitrogen and oxygen atoms in total. The van der Waals surface area contributed by atoms with Gasteiger partial charge in [0.2, 0.25) is 0 Å². The number of unbranched alkanes of at least 4 members (excludes halogenated alkanes) is 8. The highest BCUT2D eigenvalue weighted by molar-refractivity contribution is 5.72. The molecule has 1 aliphatic heterocycles. The lowest BCUT2D eigenvalue weighted by molar-refractivity contribution is -0.315. The van der Waals surface area contributed by atoms with E-state index < -0.39 is 5.97 Å². The zero-order chi connectivity index (χ0) is 25.6. The molecule has 1 saturated heterocycles. The summed E-state index contributed by atoms with van der Waals surface area (Å²) in [4.78, 5) is 15.5. The van der Waals surface area contributed by atoms with Gasteiger partial charge in [-0.1, -0.05) is 78.1 Å². The number of hydrogen-bond donors (Lipinski definition) is 3. The van der Waals surface area contributed by atoms with Crippen LogP contribution in [0.25, 0.3) is 0 Å². The Balaban J connectivity index is 1.74. The van der Waals surface area contributed by atoms with Crippen molar-refractivity contribution in [2.45, 2.75) is 148 Å². The third-order valence-corrected chi connectivity index (χ3v) is 8.49. The van der Waals surface area contributed by atoms with Crippen molar-refractivity contribution in [3.8, 4) is 0 Å². The Hall–Kier alpha value is -0.690. The number of carbonyl (C=O) groups is 1. The van der Waals surface area contributed by atoms with Crippen LogP contribution in [0.1, 0.15) is 136 Å². The fourth-order valence-electron chi connectivity index (χ4n) is 6.13. The lowest BCUT2D eigenvalue weighted by Gasteiger charge is -2.39. The largest absolute Gasteiger partial charge is 0.462 e. The van der Waals surface area contributed by atoms with Crippen molar-refractivity contribution < 1.29 is 24.9 Å². The second-order valence-electron chi connectivity index (χ2n) is 11.6. The fraction of sp³-hybridized carbons (Fsp3) is 0.966. The van der Waals surface area contributed by atoms with E-state index in [4.69, 9.17) is 20.1 Å². The van der Waals surface area contributed by atoms with Crippen molar-refractivity contribution in [3.05, 3.63) is 0 Å². The molecule has 3 N–H and O–H groups in total. The topological polar surface area (TPSA) is 90.2 Å². The zero-order valence-electron chi connectivity index (χ0n) is 22.8. The van der Waals surface area contributed by atoms with E-state index in [1.807, 2.05) is 0 Å². The summed E-state index contributed by atoms with van der Waals surface area (Å²) in [6, 6.07) is 0. The van der Waals surface area contributed by atoms with Crippen molar-refractivity contribution in [3.63, 3.8) is 0 Å². The fourth-order valence-corrected chi connectivity index (χ4v) is 6.13. The molecule has 2 unspecified atom stereocenters. The molecule has 0 radical (unpaired) electrons. The van der Waals surface area contributed by atoms with Crippen LogP contribution in [0.15, 0.2) is 0 Å². The van der Waals surface area contributed by atoms with Crippen molar-refractivity contribution in [2.24, 2.45) is 11.3 Å². The Morgan fingerprint density at radius 1 is 0.886 bits per heavy atom. The number of likely N-dealkylation sites (tertiary alicyclic amines) is 1. The minimum absolute atomic E-state index is 0.0228. The highest BCUT2D eigenvalue weighted by atomic mass is 16.7. The molecule has 0 aromatic rings. The van der Waals surface area contributed by atoms with Crippen LogP contribution in [0.5, 0.6) is 0 Å². The summed E-state index contributed by atoms with van der Waals surface area (Å²) in [7, 11) is 0. The van der Waals surface area contributed by atoms with Gasteiger partial charge in [-0.3, -0.25) is 4.79 Å². The number of piperidine rings is 1. The minimum Gasteiger partial charge on any atom is -0.462 e. The van der Waals surface area contributed by atoms with Gasteiger partial charge in [0.05, 0.1) is 5.92 Å². The zero-order valence-corrected chi connectivity index (χ0v) is 22.8. The summed E-state index contributed by atoms with van der Waals surface area (Å²) in [5.41, 5.74) is 0.298. The quantitative estimate of drug-likeness (QED) is 0.124. The summed E-state index contributed by atoms with van der Waals surface area (Å²) in [6.07, 6.45) is 20.3. The molecule has 2 rings (SSSR count). The number of carbonyl (C=O) groups excluding carboxylic acids is 1. The molecule has 0 amide bonds. The Morgan fingerprint density at radius 2 is 1.46 bits per heavy atom. The highest BCUT2D eigenvalue weighted by Crippen LogP contribution is 2.47. The first-order chi connectivity index (χ1) is 16.8. The Labute approximate surface area is 214 Å². The van der Waals surface area contributed by atoms with E-state index in [-0.39, 0.29) is 24.4 Å². The van der Waals surface area contributed by atoms with Crippen LogP contribution in [-0.4, -0.2) is 57.9 Å². The molecule has 0 aromatic carbocycles. The van der Waals surface area contributed by atoms with E-state index in [0.29, 0.717) is 11.8 Å². The molecule has 1 saturated carbocycles. The van der Waals surface area contributed by atoms with Gasteiger partial charge in [0.25, 0.3) is 5.97 Å². The van der Waals surface area contributed by atoms with Crippen LogP contribution in [0.4, 0.5) is 0 Å². The van der Waals surface area contributed by atoms with Gasteiger partial charge in [0.1, 0.15) is 6.10 Å². The maximum absolute atomic E-state index is 13.2. The van der Waals surface area contributed by atoms with E-state index in [2.05, 4.69) is 18.7 Å². The Morgan fingerprint density at radius 3 is 2.06 bits per heavy atom. The van der Waals surface area contributed by atoms with Crippen molar-refractivity contribution in [1.82, 2.24) is 4.90 Å². The minimum atomic E-state index is -2.55. The maximum atomic E-state index is 13.2. The first-order valence-electron chi connectivity index (χ1n) is 14.9. The number of hydrogen-bond acceptors (Lipinski definition) is 6. The smallest absolute Gasteiger partial charge is 0.309 e. The summed E-state index contributed by atoms with van der Waals surface area (Å²) >= 11 is 0. The average molecular weight is 498 g/mol. The standard InChI is InChI=1S/C29H55NO5/c1-3-5-7-9-10-12-15-25(14-11-8-6-4-2)27(31)35-26-16-18-28(24-26)19-22-30(23-20-28)21-13-17-29(32,33)34/h25-26,32-34H,3-24H2,1-2H3. The van der Waals surface area contributed by atoms with Crippen molar-refractivity contribution in [2.75, 3.05) is 19.6 Å². The molecule has 0 aromatic heterocycles. The summed E-state index contributed by atoms with van der Waals surface area (Å²) in [6.45, 7) is 7.24. The molecule has 0 bridgehead atoms. The number of esters is 1. The van der Waals surface area contributed by atoms with Crippen LogP contribution in [0, 0.1) is 11.3 Å². The third-order valence-electron chi connectivity index (χ3n) is 8.49. The second-order valence-corrected chi connectivity index (χ2v) is 11.6. The first kappa shape index (κ1) is 30.5. The maximum Gasteiger partial charge on any atom is 0.309 e. The van der Waals surface area contributed by atoms with Crippen LogP contribution in [0.2, 0.25) is 0 Å². The number of rotatable bonds is 18. The lowest BCUT2D eigenvalue weighted by atomic mass is 9.77. The van der Waals surface area contributed by atoms with Crippen molar-refractivity contribution >= 4 is 5.97 Å². The molecular formula is C29H55NO5. The van der Waals surface area contributed by atoms with Gasteiger partial charge >= 0.3 is 5.97 Å². The van der Waals surface area contributed by atoms with Crippen LogP contribution < -0.4 is 0 Å². The van der Waals surface area contributed by atoms with Crippen LogP contribution in [0.3, 0.4) is 0 Å². The van der Waals surface area contributed by atoms with Gasteiger partial charge in [-0.25, -0.2) is 0 Å². The van der Waals surface area contributed by atoms with Gasteiger partial charge in [0, 0.05) is 6.42 Å². The number of aliphatic hydroxyl groups is 3. The molecule has 1 spiro atoms. The molecule has 35 heavy (non-hydrogen) atoms. The number of ether oxygens (including phenoxy) is 1. The van der Waals surface area contributed by atoms with E-state index >= 15 is 0 Å². The van der Waals surface area contributed by atoms with E-state index in [9.17, 15) is 4.79 Å². The Bertz CT molecular complexity index is 568. The molecule has 2 aliphatic rings. The normalized spacial score (nSPS) is 21.5. The van der Waals surface area contributed by atoms with E-state index in [1.54, 1.807) is 0 Å². The Kier molecular flexibility index (Phi) is 14.1. The van der Waals surface area contributed by atoms with Gasteiger partial charge in [0.15, 0.2) is 0 Å². The SMILES string of the molecule is CCCCCCCCC(CCCCCC)C(=O)OC1CCC2(CCN(CCCC(O)(O)O)CC2)C1. The average Bonchev–Trinajstić information content (AvgIpc) is 3.20. The van der Waals surface area contributed by atoms with Crippen LogP contribution in [-0.2, 0) is 9.53 Å². The molecular weight excluding hydrogens is 442 g/mol. The van der Waals surface area contributed by atoms with Gasteiger partial charge in [-0.15, -0.1) is 0 Å². The molecule has 1 heterocycles. The van der Waals surface area contributed by atoms with Gasteiger partial charge in [-0.2, -0.15) is 0 Å². The lowest BCUT2D eigenvalue weighted by Crippen LogP contribution is -2.40. The predicted octanol–water partition coefficient (Wildman–Crippen LogP) is 5.91. The highest BCUT2D eigenvalue weighted by Gasteiger charge is 2.43. The molecule has 2 fully saturated rings. The predicted molar refractivity (Wildman–Crippen MR) is 141 cm³/mol. The van der Waals surface area contributed by atoms with E-state index in [1.165, 1.54) is 51.4 Å². The van der Waals surface area contributed by atoms with Crippen LogP contribution >= 0.6 is 0 Å². The van der Waals surface area contributed by atoms with Gasteiger partial charge in [-0.05, 0) is 76.4 Å². The van der Waals surface area contributed by atoms with E-state index in [0.717, 1.165) is 77.4 Å². The number of nitrogens with zero attached hydrogens (tertiary/aromatic N) is 1. The second kappa shape index (κ2) is 16.2. The van der Waals surface area contributed by atoms with Gasteiger partial charge < -0.3 is 25.0 Å². The molecule has 2 atom stereocenters. The first-order valence-corrected chi connectivity index (χ1v) is 14.9. The molecule has 206 valence electrons. The monoisotopic (exact) mass is 497 g/mol.